The van der Waals surface area contributed by atoms with Gasteiger partial charge in [0.15, 0.2) is 0 Å². The van der Waals surface area contributed by atoms with Gasteiger partial charge in [-0.3, -0.25) is 4.79 Å². The molecule has 0 aromatic heterocycles. The topological polar surface area (TPSA) is 73.6 Å². The second-order valence-corrected chi connectivity index (χ2v) is 6.04. The summed E-state index contributed by atoms with van der Waals surface area (Å²) in [6.45, 7) is 10.2. The normalized spacial score (nSPS) is 12.7. The Hall–Kier alpha value is -0.650. The smallest absolute Gasteiger partial charge is 0.217 e. The maximum atomic E-state index is 10.8. The highest BCUT2D eigenvalue weighted by Gasteiger charge is 2.23. The van der Waals surface area contributed by atoms with Gasteiger partial charge in [-0.25, -0.2) is 0 Å². The van der Waals surface area contributed by atoms with Crippen molar-refractivity contribution < 1.29 is 14.3 Å². The molecule has 0 fully saturated rings. The maximum absolute atomic E-state index is 10.8. The van der Waals surface area contributed by atoms with E-state index in [-0.39, 0.29) is 17.1 Å². The van der Waals surface area contributed by atoms with Gasteiger partial charge in [-0.1, -0.05) is 0 Å². The molecular formula is C14H30N2O3. The Balaban J connectivity index is 3.89. The number of carbonyl (C=O) groups is 1. The molecule has 0 radical (unpaired) electrons. The predicted molar refractivity (Wildman–Crippen MR) is 77.0 cm³/mol. The quantitative estimate of drug-likeness (QED) is 0.559. The largest absolute Gasteiger partial charge is 0.375 e. The monoisotopic (exact) mass is 274 g/mol. The first-order valence-electron chi connectivity index (χ1n) is 6.89. The van der Waals surface area contributed by atoms with Gasteiger partial charge in [-0.2, -0.15) is 0 Å². The SMILES string of the molecule is CNCCOC(C)(C)CCOC(C)(C)CCC(N)=O. The zero-order valence-electron chi connectivity index (χ0n) is 13.0. The summed E-state index contributed by atoms with van der Waals surface area (Å²) in [5, 5.41) is 3.05. The van der Waals surface area contributed by atoms with Crippen LogP contribution in [0.4, 0.5) is 0 Å². The van der Waals surface area contributed by atoms with Crippen LogP contribution in [0.15, 0.2) is 0 Å². The minimum absolute atomic E-state index is 0.198. The zero-order valence-corrected chi connectivity index (χ0v) is 13.0. The van der Waals surface area contributed by atoms with Crippen molar-refractivity contribution in [2.24, 2.45) is 5.73 Å². The van der Waals surface area contributed by atoms with Gasteiger partial charge >= 0.3 is 0 Å². The fourth-order valence-corrected chi connectivity index (χ4v) is 1.57. The van der Waals surface area contributed by atoms with E-state index in [2.05, 4.69) is 19.2 Å². The van der Waals surface area contributed by atoms with Crippen molar-refractivity contribution >= 4 is 5.91 Å². The molecule has 0 spiro atoms. The summed E-state index contributed by atoms with van der Waals surface area (Å²) in [6.07, 6.45) is 1.81. The number of hydrogen-bond acceptors (Lipinski definition) is 4. The molecular weight excluding hydrogens is 244 g/mol. The molecule has 0 aliphatic heterocycles. The summed E-state index contributed by atoms with van der Waals surface area (Å²) in [4.78, 5) is 10.8. The van der Waals surface area contributed by atoms with Crippen LogP contribution in [-0.4, -0.2) is 43.9 Å². The molecule has 3 N–H and O–H groups in total. The van der Waals surface area contributed by atoms with E-state index in [1.54, 1.807) is 0 Å². The molecule has 1 amide bonds. The van der Waals surface area contributed by atoms with E-state index < -0.39 is 0 Å². The first-order chi connectivity index (χ1) is 8.68. The highest BCUT2D eigenvalue weighted by atomic mass is 16.5. The van der Waals surface area contributed by atoms with Crippen LogP contribution in [0.5, 0.6) is 0 Å². The molecule has 0 rings (SSSR count). The second-order valence-electron chi connectivity index (χ2n) is 6.04. The molecule has 0 saturated heterocycles. The number of primary amides is 1. The lowest BCUT2D eigenvalue weighted by molar-refractivity contribution is -0.120. The molecule has 0 aromatic rings. The van der Waals surface area contributed by atoms with E-state index in [9.17, 15) is 4.79 Å². The van der Waals surface area contributed by atoms with Crippen molar-refractivity contribution in [2.75, 3.05) is 26.8 Å². The first-order valence-corrected chi connectivity index (χ1v) is 6.89. The van der Waals surface area contributed by atoms with E-state index in [4.69, 9.17) is 15.2 Å². The minimum atomic E-state index is -0.323. The number of hydrogen-bond donors (Lipinski definition) is 2. The van der Waals surface area contributed by atoms with Crippen LogP contribution in [0.25, 0.3) is 0 Å². The molecule has 0 aliphatic rings. The third kappa shape index (κ3) is 10.9. The van der Waals surface area contributed by atoms with Crippen LogP contribution < -0.4 is 11.1 Å². The second kappa shape index (κ2) is 8.51. The van der Waals surface area contributed by atoms with Crippen molar-refractivity contribution in [3.05, 3.63) is 0 Å². The number of nitrogens with two attached hydrogens (primary N) is 1. The zero-order chi connectivity index (χ0) is 14.9. The number of amides is 1. The molecule has 5 heteroatoms. The Morgan fingerprint density at radius 1 is 1.05 bits per heavy atom. The van der Waals surface area contributed by atoms with Gasteiger partial charge in [0, 0.05) is 13.0 Å². The van der Waals surface area contributed by atoms with Crippen LogP contribution in [0, 0.1) is 0 Å². The molecule has 0 unspecified atom stereocenters. The van der Waals surface area contributed by atoms with Crippen LogP contribution >= 0.6 is 0 Å². The minimum Gasteiger partial charge on any atom is -0.375 e. The third-order valence-corrected chi connectivity index (χ3v) is 3.02. The fourth-order valence-electron chi connectivity index (χ4n) is 1.57. The lowest BCUT2D eigenvalue weighted by Crippen LogP contribution is -2.33. The van der Waals surface area contributed by atoms with Crippen LogP contribution in [0.2, 0.25) is 0 Å². The average Bonchev–Trinajstić information content (AvgIpc) is 2.26. The Morgan fingerprint density at radius 2 is 1.58 bits per heavy atom. The van der Waals surface area contributed by atoms with Crippen molar-refractivity contribution in [1.29, 1.82) is 0 Å². The maximum Gasteiger partial charge on any atom is 0.217 e. The molecule has 0 bridgehead atoms. The molecule has 5 nitrogen and oxygen atoms in total. The lowest BCUT2D eigenvalue weighted by Gasteiger charge is -2.29. The summed E-state index contributed by atoms with van der Waals surface area (Å²) in [5.74, 6) is -0.285. The summed E-state index contributed by atoms with van der Waals surface area (Å²) in [6, 6.07) is 0. The highest BCUT2D eigenvalue weighted by molar-refractivity contribution is 5.73. The standard InChI is InChI=1S/C14H30N2O3/c1-13(2,7-6-12(15)17)18-10-8-14(3,4)19-11-9-16-5/h16H,6-11H2,1-5H3,(H2,15,17). The van der Waals surface area contributed by atoms with Crippen molar-refractivity contribution in [1.82, 2.24) is 5.32 Å². The Labute approximate surface area is 117 Å². The number of nitrogens with one attached hydrogen (secondary N) is 1. The van der Waals surface area contributed by atoms with E-state index in [1.807, 2.05) is 20.9 Å². The van der Waals surface area contributed by atoms with Gasteiger partial charge < -0.3 is 20.5 Å². The van der Waals surface area contributed by atoms with E-state index in [1.165, 1.54) is 0 Å². The molecule has 0 aliphatic carbocycles. The van der Waals surface area contributed by atoms with E-state index in [0.717, 1.165) is 13.0 Å². The van der Waals surface area contributed by atoms with Crippen molar-refractivity contribution in [3.63, 3.8) is 0 Å². The van der Waals surface area contributed by atoms with Gasteiger partial charge in [-0.05, 0) is 47.6 Å². The number of carbonyl (C=O) groups excluding carboxylic acids is 1. The Kier molecular flexibility index (Phi) is 8.22. The first kappa shape index (κ1) is 18.4. The predicted octanol–water partition coefficient (Wildman–Crippen LogP) is 1.45. The van der Waals surface area contributed by atoms with E-state index >= 15 is 0 Å². The highest BCUT2D eigenvalue weighted by Crippen LogP contribution is 2.20. The van der Waals surface area contributed by atoms with Crippen LogP contribution in [0.1, 0.15) is 47.0 Å². The molecule has 0 aromatic carbocycles. The van der Waals surface area contributed by atoms with Crippen LogP contribution in [0.3, 0.4) is 0 Å². The molecule has 0 heterocycles. The summed E-state index contributed by atoms with van der Waals surface area (Å²) >= 11 is 0. The molecule has 0 saturated carbocycles. The van der Waals surface area contributed by atoms with Crippen LogP contribution in [-0.2, 0) is 14.3 Å². The fraction of sp³-hybridized carbons (Fsp3) is 0.929. The molecule has 0 atom stereocenters. The average molecular weight is 274 g/mol. The Morgan fingerprint density at radius 3 is 2.11 bits per heavy atom. The number of likely N-dealkylation sites (N-methyl/N-ethyl adjacent to an activating group) is 1. The van der Waals surface area contributed by atoms with E-state index in [0.29, 0.717) is 26.1 Å². The lowest BCUT2D eigenvalue weighted by atomic mass is 10.0. The van der Waals surface area contributed by atoms with Crippen molar-refractivity contribution in [3.8, 4) is 0 Å². The van der Waals surface area contributed by atoms with Gasteiger partial charge in [0.05, 0.1) is 24.4 Å². The van der Waals surface area contributed by atoms with Gasteiger partial charge in [0.1, 0.15) is 0 Å². The van der Waals surface area contributed by atoms with Crippen molar-refractivity contribution in [2.45, 2.75) is 58.2 Å². The third-order valence-electron chi connectivity index (χ3n) is 3.02. The van der Waals surface area contributed by atoms with Gasteiger partial charge in [0.25, 0.3) is 0 Å². The number of rotatable bonds is 11. The molecule has 114 valence electrons. The summed E-state index contributed by atoms with van der Waals surface area (Å²) < 4.78 is 11.6. The number of ether oxygens (including phenoxy) is 2. The molecule has 19 heavy (non-hydrogen) atoms. The van der Waals surface area contributed by atoms with Gasteiger partial charge in [-0.15, -0.1) is 0 Å². The summed E-state index contributed by atoms with van der Waals surface area (Å²) in [5.41, 5.74) is 4.62. The summed E-state index contributed by atoms with van der Waals surface area (Å²) in [7, 11) is 1.90. The van der Waals surface area contributed by atoms with Gasteiger partial charge in [0.2, 0.25) is 5.91 Å². The Bertz CT molecular complexity index is 265.